The molecule has 0 radical (unpaired) electrons. The molecule has 2 aromatic carbocycles. The summed E-state index contributed by atoms with van der Waals surface area (Å²) in [6.45, 7) is 2.92. The average Bonchev–Trinajstić information content (AvgIpc) is 3.27. The van der Waals surface area contributed by atoms with Crippen LogP contribution in [0.4, 0.5) is 0 Å². The maximum Gasteiger partial charge on any atom is 0.262 e. The molecule has 4 aromatic rings. The van der Waals surface area contributed by atoms with E-state index in [-0.39, 0.29) is 17.5 Å². The van der Waals surface area contributed by atoms with Crippen LogP contribution >= 0.6 is 0 Å². The van der Waals surface area contributed by atoms with Gasteiger partial charge in [-0.25, -0.2) is 0 Å². The van der Waals surface area contributed by atoms with Crippen LogP contribution in [0.15, 0.2) is 59.4 Å². The van der Waals surface area contributed by atoms with Gasteiger partial charge in [0.2, 0.25) is 11.7 Å². The molecule has 1 aliphatic rings. The molecule has 5 rings (SSSR count). The van der Waals surface area contributed by atoms with Crippen molar-refractivity contribution in [2.75, 3.05) is 13.1 Å². The van der Waals surface area contributed by atoms with Gasteiger partial charge in [0, 0.05) is 45.6 Å². The first-order chi connectivity index (χ1) is 16.1. The zero-order valence-corrected chi connectivity index (χ0v) is 18.8. The van der Waals surface area contributed by atoms with E-state index in [1.165, 1.54) is 10.1 Å². The molecule has 0 aliphatic carbocycles. The molecule has 33 heavy (non-hydrogen) atoms. The van der Waals surface area contributed by atoms with Gasteiger partial charge >= 0.3 is 0 Å². The smallest absolute Gasteiger partial charge is 0.262 e. The van der Waals surface area contributed by atoms with Gasteiger partial charge in [-0.05, 0) is 30.5 Å². The zero-order valence-electron chi connectivity index (χ0n) is 18.8. The van der Waals surface area contributed by atoms with Crippen LogP contribution < -0.4 is 10.9 Å². The van der Waals surface area contributed by atoms with Gasteiger partial charge in [-0.3, -0.25) is 23.5 Å². The summed E-state index contributed by atoms with van der Waals surface area (Å²) in [5.74, 6) is 1.20. The lowest BCUT2D eigenvalue weighted by Crippen LogP contribution is -2.44. The number of piperidine rings is 1. The Hall–Kier alpha value is -3.52. The Morgan fingerprint density at radius 2 is 1.76 bits per heavy atom. The van der Waals surface area contributed by atoms with E-state index in [2.05, 4.69) is 44.7 Å². The van der Waals surface area contributed by atoms with Crippen molar-refractivity contribution in [2.24, 2.45) is 7.05 Å². The quantitative estimate of drug-likeness (QED) is 0.493. The van der Waals surface area contributed by atoms with Crippen LogP contribution in [0, 0.1) is 0 Å². The maximum absolute atomic E-state index is 12.7. The number of benzene rings is 2. The first-order valence-corrected chi connectivity index (χ1v) is 11.5. The molecule has 1 amide bonds. The van der Waals surface area contributed by atoms with Crippen molar-refractivity contribution in [3.63, 3.8) is 0 Å². The van der Waals surface area contributed by atoms with Crippen LogP contribution in [0.2, 0.25) is 0 Å². The van der Waals surface area contributed by atoms with Crippen molar-refractivity contribution in [1.29, 1.82) is 0 Å². The molecule has 1 fully saturated rings. The van der Waals surface area contributed by atoms with E-state index >= 15 is 0 Å². The lowest BCUT2D eigenvalue weighted by Gasteiger charge is -2.32. The lowest BCUT2D eigenvalue weighted by molar-refractivity contribution is -0.122. The van der Waals surface area contributed by atoms with E-state index in [1.807, 2.05) is 28.7 Å². The normalized spacial score (nSPS) is 15.3. The first kappa shape index (κ1) is 21.3. The van der Waals surface area contributed by atoms with Gasteiger partial charge < -0.3 is 5.32 Å². The summed E-state index contributed by atoms with van der Waals surface area (Å²) >= 11 is 0. The van der Waals surface area contributed by atoms with Crippen molar-refractivity contribution < 1.29 is 4.79 Å². The van der Waals surface area contributed by atoms with Gasteiger partial charge in [0.25, 0.3) is 5.56 Å². The van der Waals surface area contributed by atoms with Gasteiger partial charge in [-0.1, -0.05) is 42.5 Å². The Labute approximate surface area is 191 Å². The van der Waals surface area contributed by atoms with E-state index in [1.54, 1.807) is 13.1 Å². The lowest BCUT2D eigenvalue weighted by atomic mass is 10.0. The molecule has 0 atom stereocenters. The fourth-order valence-electron chi connectivity index (χ4n) is 4.66. The van der Waals surface area contributed by atoms with E-state index in [0.29, 0.717) is 29.8 Å². The van der Waals surface area contributed by atoms with E-state index in [0.717, 1.165) is 38.0 Å². The summed E-state index contributed by atoms with van der Waals surface area (Å²) in [5.41, 5.74) is 1.99. The molecule has 8 nitrogen and oxygen atoms in total. The molecule has 0 spiro atoms. The summed E-state index contributed by atoms with van der Waals surface area (Å²) in [7, 11) is 1.69. The van der Waals surface area contributed by atoms with Crippen LogP contribution in [0.1, 0.15) is 30.7 Å². The molecule has 1 aliphatic heterocycles. The molecule has 170 valence electrons. The maximum atomic E-state index is 12.7. The zero-order chi connectivity index (χ0) is 22.8. The number of amides is 1. The summed E-state index contributed by atoms with van der Waals surface area (Å²) in [6.07, 6.45) is 2.71. The second-order valence-corrected chi connectivity index (χ2v) is 8.74. The van der Waals surface area contributed by atoms with Crippen molar-refractivity contribution in [2.45, 2.75) is 38.3 Å². The Morgan fingerprint density at radius 1 is 1.03 bits per heavy atom. The van der Waals surface area contributed by atoms with Crippen LogP contribution in [-0.4, -0.2) is 49.1 Å². The minimum Gasteiger partial charge on any atom is -0.353 e. The minimum atomic E-state index is -0.103. The molecule has 0 bridgehead atoms. The number of hydrogen-bond donors (Lipinski definition) is 1. The Bertz CT molecular complexity index is 1340. The van der Waals surface area contributed by atoms with Gasteiger partial charge in [0.15, 0.2) is 0 Å². The molecule has 0 saturated carbocycles. The van der Waals surface area contributed by atoms with E-state index < -0.39 is 0 Å². The number of fused-ring (bicyclic) bond motifs is 3. The summed E-state index contributed by atoms with van der Waals surface area (Å²) in [4.78, 5) is 27.7. The van der Waals surface area contributed by atoms with Crippen molar-refractivity contribution >= 4 is 22.6 Å². The number of aryl methyl sites for hydroxylation is 2. The number of nitrogens with zero attached hydrogens (tertiary/aromatic N) is 5. The molecule has 0 unspecified atom stereocenters. The number of nitrogens with one attached hydrogen (secondary N) is 1. The van der Waals surface area contributed by atoms with Crippen LogP contribution in [-0.2, 0) is 24.8 Å². The number of likely N-dealkylation sites (tertiary alicyclic amines) is 1. The monoisotopic (exact) mass is 444 g/mol. The highest BCUT2D eigenvalue weighted by Gasteiger charge is 2.21. The molecular formula is C25H28N6O2. The highest BCUT2D eigenvalue weighted by Crippen LogP contribution is 2.16. The molecule has 3 heterocycles. The highest BCUT2D eigenvalue weighted by atomic mass is 16.1. The van der Waals surface area contributed by atoms with Gasteiger partial charge in [0.1, 0.15) is 5.82 Å². The SMILES string of the molecule is Cn1c(=O)c2ccccc2n2c(CCC(=O)NC3CCN(Cc4ccccc4)CC3)nnc12. The largest absolute Gasteiger partial charge is 0.353 e. The van der Waals surface area contributed by atoms with Crippen molar-refractivity contribution in [3.05, 3.63) is 76.3 Å². The molecule has 8 heteroatoms. The second kappa shape index (κ2) is 9.15. The number of carbonyl (C=O) groups excluding carboxylic acids is 1. The van der Waals surface area contributed by atoms with Crippen molar-refractivity contribution in [1.82, 2.24) is 29.4 Å². The molecule has 1 N–H and O–H groups in total. The minimum absolute atomic E-state index is 0.0300. The van der Waals surface area contributed by atoms with Gasteiger partial charge in [-0.15, -0.1) is 10.2 Å². The van der Waals surface area contributed by atoms with Gasteiger partial charge in [-0.2, -0.15) is 0 Å². The van der Waals surface area contributed by atoms with E-state index in [9.17, 15) is 9.59 Å². The summed E-state index contributed by atoms with van der Waals surface area (Å²) in [5, 5.41) is 12.3. The Balaban J connectivity index is 1.20. The molecular weight excluding hydrogens is 416 g/mol. The predicted molar refractivity (Wildman–Crippen MR) is 127 cm³/mol. The fraction of sp³-hybridized carbons (Fsp3) is 0.360. The standard InChI is InChI=1S/C25H28N6O2/c1-29-24(33)20-9-5-6-10-21(20)31-22(27-28-25(29)31)11-12-23(32)26-19-13-15-30(16-14-19)17-18-7-3-2-4-8-18/h2-10,19H,11-17H2,1H3,(H,26,32). The topological polar surface area (TPSA) is 84.5 Å². The van der Waals surface area contributed by atoms with Gasteiger partial charge in [0.05, 0.1) is 10.9 Å². The third-order valence-electron chi connectivity index (χ3n) is 6.47. The highest BCUT2D eigenvalue weighted by molar-refractivity contribution is 5.80. The number of rotatable bonds is 6. The number of hydrogen-bond acceptors (Lipinski definition) is 5. The van der Waals surface area contributed by atoms with Crippen molar-refractivity contribution in [3.8, 4) is 0 Å². The number of aromatic nitrogens is 4. The third-order valence-corrected chi connectivity index (χ3v) is 6.47. The van der Waals surface area contributed by atoms with Crippen LogP contribution in [0.3, 0.4) is 0 Å². The fourth-order valence-corrected chi connectivity index (χ4v) is 4.66. The Kier molecular flexibility index (Phi) is 5.92. The molecule has 1 saturated heterocycles. The summed E-state index contributed by atoms with van der Waals surface area (Å²) in [6, 6.07) is 18.1. The van der Waals surface area contributed by atoms with E-state index in [4.69, 9.17) is 0 Å². The van der Waals surface area contributed by atoms with Crippen LogP contribution in [0.25, 0.3) is 16.7 Å². The number of carbonyl (C=O) groups is 1. The second-order valence-electron chi connectivity index (χ2n) is 8.74. The molecule has 2 aromatic heterocycles. The first-order valence-electron chi connectivity index (χ1n) is 11.5. The Morgan fingerprint density at radius 3 is 2.55 bits per heavy atom. The van der Waals surface area contributed by atoms with Crippen LogP contribution in [0.5, 0.6) is 0 Å². The number of para-hydroxylation sites is 1. The predicted octanol–water partition coefficient (Wildman–Crippen LogP) is 2.29. The third kappa shape index (κ3) is 4.39. The average molecular weight is 445 g/mol. The summed E-state index contributed by atoms with van der Waals surface area (Å²) < 4.78 is 3.38.